The quantitative estimate of drug-likeness (QED) is 0.669. The van der Waals surface area contributed by atoms with Gasteiger partial charge in [-0.05, 0) is 81.1 Å². The number of carbonyl (C=O) groups is 2. The number of carbonyl (C=O) groups excluding carboxylic acids is 2. The third-order valence-corrected chi connectivity index (χ3v) is 5.48. The molecule has 30 heavy (non-hydrogen) atoms. The van der Waals surface area contributed by atoms with Crippen LogP contribution in [0.15, 0.2) is 48.5 Å². The largest absolute Gasteiger partial charge is 0.491 e. The molecule has 3 rings (SSSR count). The Balaban J connectivity index is 1.55. The minimum atomic E-state index is -0.195. The average molecular weight is 409 g/mol. The summed E-state index contributed by atoms with van der Waals surface area (Å²) in [6.07, 6.45) is 6.38. The summed E-state index contributed by atoms with van der Waals surface area (Å²) < 4.78 is 5.60. The Morgan fingerprint density at radius 3 is 2.17 bits per heavy atom. The Morgan fingerprint density at radius 1 is 0.967 bits per heavy atom. The van der Waals surface area contributed by atoms with Crippen molar-refractivity contribution in [3.8, 4) is 5.75 Å². The van der Waals surface area contributed by atoms with Crippen molar-refractivity contribution in [1.29, 1.82) is 0 Å². The monoisotopic (exact) mass is 408 g/mol. The SMILES string of the molecule is CC(C)Oc1ccc(C(=O)Nc2ccc(C(=O)N(C)CC3CCCCC3)cc2)cc1. The van der Waals surface area contributed by atoms with E-state index in [1.54, 1.807) is 48.5 Å². The van der Waals surface area contributed by atoms with E-state index < -0.39 is 0 Å². The van der Waals surface area contributed by atoms with Gasteiger partial charge in [0, 0.05) is 30.4 Å². The van der Waals surface area contributed by atoms with Gasteiger partial charge in [0.2, 0.25) is 0 Å². The Kier molecular flexibility index (Phi) is 7.50. The molecule has 2 amide bonds. The highest BCUT2D eigenvalue weighted by Gasteiger charge is 2.19. The van der Waals surface area contributed by atoms with Crippen LogP contribution in [0, 0.1) is 5.92 Å². The summed E-state index contributed by atoms with van der Waals surface area (Å²) in [5, 5.41) is 2.87. The third-order valence-electron chi connectivity index (χ3n) is 5.48. The zero-order valence-electron chi connectivity index (χ0n) is 18.2. The van der Waals surface area contributed by atoms with Crippen LogP contribution in [-0.4, -0.2) is 36.4 Å². The summed E-state index contributed by atoms with van der Waals surface area (Å²) in [6.45, 7) is 4.74. The molecule has 0 unspecified atom stereocenters. The predicted molar refractivity (Wildman–Crippen MR) is 120 cm³/mol. The first-order valence-corrected chi connectivity index (χ1v) is 10.9. The van der Waals surface area contributed by atoms with E-state index in [1.807, 2.05) is 25.8 Å². The first kappa shape index (κ1) is 21.9. The van der Waals surface area contributed by atoms with E-state index in [-0.39, 0.29) is 17.9 Å². The summed E-state index contributed by atoms with van der Waals surface area (Å²) in [5.41, 5.74) is 1.86. The summed E-state index contributed by atoms with van der Waals surface area (Å²) >= 11 is 0. The molecule has 0 spiro atoms. The molecule has 1 aliphatic carbocycles. The first-order chi connectivity index (χ1) is 14.4. The number of nitrogens with one attached hydrogen (secondary N) is 1. The highest BCUT2D eigenvalue weighted by atomic mass is 16.5. The minimum Gasteiger partial charge on any atom is -0.491 e. The van der Waals surface area contributed by atoms with Gasteiger partial charge in [0.25, 0.3) is 11.8 Å². The second kappa shape index (κ2) is 10.3. The average Bonchev–Trinajstić information content (AvgIpc) is 2.74. The van der Waals surface area contributed by atoms with E-state index >= 15 is 0 Å². The van der Waals surface area contributed by atoms with E-state index in [2.05, 4.69) is 5.32 Å². The van der Waals surface area contributed by atoms with E-state index in [0.29, 0.717) is 22.7 Å². The lowest BCUT2D eigenvalue weighted by Crippen LogP contribution is -2.32. The van der Waals surface area contributed by atoms with Crippen molar-refractivity contribution in [2.24, 2.45) is 5.92 Å². The summed E-state index contributed by atoms with van der Waals surface area (Å²) in [4.78, 5) is 27.0. The topological polar surface area (TPSA) is 58.6 Å². The number of amides is 2. The third kappa shape index (κ3) is 6.09. The standard InChI is InChI=1S/C25H32N2O3/c1-18(2)30-23-15-11-20(12-16-23)24(28)26-22-13-9-21(10-14-22)25(29)27(3)17-19-7-5-4-6-8-19/h9-16,18-19H,4-8,17H2,1-3H3,(H,26,28). The molecule has 2 aromatic carbocycles. The molecule has 0 bridgehead atoms. The van der Waals surface area contributed by atoms with Crippen LogP contribution in [0.2, 0.25) is 0 Å². The van der Waals surface area contributed by atoms with Crippen molar-refractivity contribution in [2.45, 2.75) is 52.1 Å². The van der Waals surface area contributed by atoms with Crippen LogP contribution in [0.25, 0.3) is 0 Å². The maximum Gasteiger partial charge on any atom is 0.255 e. The number of nitrogens with zero attached hydrogens (tertiary/aromatic N) is 1. The Hall–Kier alpha value is -2.82. The van der Waals surface area contributed by atoms with Crippen LogP contribution >= 0.6 is 0 Å². The highest BCUT2D eigenvalue weighted by Crippen LogP contribution is 2.24. The molecular weight excluding hydrogens is 376 g/mol. The number of hydrogen-bond donors (Lipinski definition) is 1. The number of rotatable bonds is 7. The molecule has 1 aliphatic rings. The van der Waals surface area contributed by atoms with Gasteiger partial charge in [0.05, 0.1) is 6.10 Å². The van der Waals surface area contributed by atoms with Crippen LogP contribution in [-0.2, 0) is 0 Å². The zero-order chi connectivity index (χ0) is 21.5. The van der Waals surface area contributed by atoms with Crippen molar-refractivity contribution in [3.63, 3.8) is 0 Å². The lowest BCUT2D eigenvalue weighted by atomic mass is 9.89. The van der Waals surface area contributed by atoms with Crippen molar-refractivity contribution >= 4 is 17.5 Å². The van der Waals surface area contributed by atoms with E-state index in [1.165, 1.54) is 32.1 Å². The predicted octanol–water partition coefficient (Wildman–Crippen LogP) is 5.38. The summed E-state index contributed by atoms with van der Waals surface area (Å²) in [7, 11) is 1.87. The molecule has 0 saturated heterocycles. The van der Waals surface area contributed by atoms with E-state index in [9.17, 15) is 9.59 Å². The lowest BCUT2D eigenvalue weighted by molar-refractivity contribution is 0.0760. The van der Waals surface area contributed by atoms with Crippen molar-refractivity contribution in [1.82, 2.24) is 4.90 Å². The van der Waals surface area contributed by atoms with Gasteiger partial charge in [0.1, 0.15) is 5.75 Å². The van der Waals surface area contributed by atoms with Crippen LogP contribution in [0.5, 0.6) is 5.75 Å². The van der Waals surface area contributed by atoms with Gasteiger partial charge in [-0.15, -0.1) is 0 Å². The molecule has 5 nitrogen and oxygen atoms in total. The Morgan fingerprint density at radius 2 is 1.57 bits per heavy atom. The summed E-state index contributed by atoms with van der Waals surface area (Å²) in [6, 6.07) is 14.2. The fraction of sp³-hybridized carbons (Fsp3) is 0.440. The number of ether oxygens (including phenoxy) is 1. The fourth-order valence-corrected chi connectivity index (χ4v) is 3.92. The Labute approximate surface area is 179 Å². The van der Waals surface area contributed by atoms with Gasteiger partial charge in [-0.3, -0.25) is 9.59 Å². The molecule has 2 aromatic rings. The molecule has 1 saturated carbocycles. The molecule has 160 valence electrons. The van der Waals surface area contributed by atoms with Crippen LogP contribution in [0.1, 0.15) is 66.7 Å². The first-order valence-electron chi connectivity index (χ1n) is 10.9. The summed E-state index contributed by atoms with van der Waals surface area (Å²) in [5.74, 6) is 1.18. The number of benzene rings is 2. The van der Waals surface area contributed by atoms with Crippen LogP contribution in [0.3, 0.4) is 0 Å². The van der Waals surface area contributed by atoms with Gasteiger partial charge in [0.15, 0.2) is 0 Å². The smallest absolute Gasteiger partial charge is 0.255 e. The highest BCUT2D eigenvalue weighted by molar-refractivity contribution is 6.04. The molecule has 1 N–H and O–H groups in total. The van der Waals surface area contributed by atoms with Crippen LogP contribution in [0.4, 0.5) is 5.69 Å². The molecule has 0 atom stereocenters. The number of anilines is 1. The molecule has 0 radical (unpaired) electrons. The second-order valence-corrected chi connectivity index (χ2v) is 8.41. The molecular formula is C25H32N2O3. The molecule has 5 heteroatoms. The van der Waals surface area contributed by atoms with Gasteiger partial charge < -0.3 is 15.0 Å². The lowest BCUT2D eigenvalue weighted by Gasteiger charge is -2.27. The van der Waals surface area contributed by atoms with Crippen molar-refractivity contribution in [2.75, 3.05) is 18.9 Å². The van der Waals surface area contributed by atoms with Crippen LogP contribution < -0.4 is 10.1 Å². The van der Waals surface area contributed by atoms with Gasteiger partial charge in [-0.2, -0.15) is 0 Å². The zero-order valence-corrected chi connectivity index (χ0v) is 18.2. The number of hydrogen-bond acceptors (Lipinski definition) is 3. The second-order valence-electron chi connectivity index (χ2n) is 8.41. The molecule has 1 fully saturated rings. The van der Waals surface area contributed by atoms with E-state index in [4.69, 9.17) is 4.74 Å². The van der Waals surface area contributed by atoms with Crippen molar-refractivity contribution < 1.29 is 14.3 Å². The normalized spacial score (nSPS) is 14.4. The van der Waals surface area contributed by atoms with Gasteiger partial charge >= 0.3 is 0 Å². The maximum atomic E-state index is 12.7. The molecule has 0 aliphatic heterocycles. The molecule has 0 heterocycles. The van der Waals surface area contributed by atoms with Gasteiger partial charge in [-0.25, -0.2) is 0 Å². The van der Waals surface area contributed by atoms with E-state index in [0.717, 1.165) is 12.3 Å². The maximum absolute atomic E-state index is 12.7. The van der Waals surface area contributed by atoms with Gasteiger partial charge in [-0.1, -0.05) is 19.3 Å². The minimum absolute atomic E-state index is 0.0270. The fourth-order valence-electron chi connectivity index (χ4n) is 3.92. The van der Waals surface area contributed by atoms with Crippen molar-refractivity contribution in [3.05, 3.63) is 59.7 Å². The Bertz CT molecular complexity index is 838. The molecule has 0 aromatic heterocycles.